The Bertz CT molecular complexity index is 305. The second-order valence-corrected chi connectivity index (χ2v) is 3.97. The van der Waals surface area contributed by atoms with Crippen molar-refractivity contribution >= 4 is 11.8 Å². The number of imide groups is 1. The zero-order valence-corrected chi connectivity index (χ0v) is 8.32. The third-order valence-electron chi connectivity index (χ3n) is 3.17. The van der Waals surface area contributed by atoms with Crippen LogP contribution in [-0.4, -0.2) is 35.0 Å². The summed E-state index contributed by atoms with van der Waals surface area (Å²) in [6.07, 6.45) is 3.26. The first kappa shape index (κ1) is 9.40. The van der Waals surface area contributed by atoms with Crippen molar-refractivity contribution in [2.45, 2.75) is 31.9 Å². The maximum Gasteiger partial charge on any atom is 0.254 e. The minimum atomic E-state index is -0.475. The van der Waals surface area contributed by atoms with E-state index in [9.17, 15) is 9.59 Å². The molecule has 0 aromatic heterocycles. The van der Waals surface area contributed by atoms with Crippen LogP contribution in [0.15, 0.2) is 12.2 Å². The van der Waals surface area contributed by atoms with Gasteiger partial charge in [0.1, 0.15) is 0 Å². The summed E-state index contributed by atoms with van der Waals surface area (Å²) >= 11 is 0. The van der Waals surface area contributed by atoms with Gasteiger partial charge < -0.3 is 4.74 Å². The van der Waals surface area contributed by atoms with Gasteiger partial charge in [0.05, 0.1) is 11.6 Å². The smallest absolute Gasteiger partial charge is 0.254 e. The summed E-state index contributed by atoms with van der Waals surface area (Å²) in [5, 5.41) is 0. The number of hydrogen-bond acceptors (Lipinski definition) is 3. The van der Waals surface area contributed by atoms with Gasteiger partial charge in [-0.1, -0.05) is 0 Å². The van der Waals surface area contributed by atoms with E-state index >= 15 is 0 Å². The van der Waals surface area contributed by atoms with E-state index in [0.29, 0.717) is 13.0 Å². The van der Waals surface area contributed by atoms with E-state index in [1.54, 1.807) is 0 Å². The van der Waals surface area contributed by atoms with Crippen LogP contribution < -0.4 is 0 Å². The van der Waals surface area contributed by atoms with Crippen LogP contribution in [0.25, 0.3) is 0 Å². The average Bonchev–Trinajstić information content (AvgIpc) is 2.60. The zero-order valence-electron chi connectivity index (χ0n) is 8.32. The van der Waals surface area contributed by atoms with Gasteiger partial charge in [0, 0.05) is 18.8 Å². The summed E-state index contributed by atoms with van der Waals surface area (Å²) in [7, 11) is 0. The molecule has 0 aromatic carbocycles. The van der Waals surface area contributed by atoms with Crippen LogP contribution in [0.1, 0.15) is 20.3 Å². The molecule has 0 aliphatic carbocycles. The summed E-state index contributed by atoms with van der Waals surface area (Å²) in [6.45, 7) is 4.40. The molecular formula is C10H13NO3. The standard InChI is InChI=1S/C10H13NO3/c1-7-10(2,5-6-14-7)11-8(12)3-4-9(11)13/h3-4,7H,5-6H2,1-2H3. The number of ether oxygens (including phenoxy) is 1. The Labute approximate surface area is 82.5 Å². The fraction of sp³-hybridized carbons (Fsp3) is 0.600. The monoisotopic (exact) mass is 195 g/mol. The van der Waals surface area contributed by atoms with Gasteiger partial charge in [0.15, 0.2) is 0 Å². The van der Waals surface area contributed by atoms with Crippen molar-refractivity contribution in [1.82, 2.24) is 4.90 Å². The lowest BCUT2D eigenvalue weighted by molar-refractivity contribution is -0.145. The highest BCUT2D eigenvalue weighted by Crippen LogP contribution is 2.33. The summed E-state index contributed by atoms with van der Waals surface area (Å²) in [5.74, 6) is -0.454. The van der Waals surface area contributed by atoms with Gasteiger partial charge in [-0.15, -0.1) is 0 Å². The number of rotatable bonds is 1. The summed E-state index contributed by atoms with van der Waals surface area (Å²) in [6, 6.07) is 0. The minimum Gasteiger partial charge on any atom is -0.376 e. The molecular weight excluding hydrogens is 182 g/mol. The van der Waals surface area contributed by atoms with E-state index in [1.165, 1.54) is 17.1 Å². The third kappa shape index (κ3) is 1.10. The van der Waals surface area contributed by atoms with Crippen molar-refractivity contribution in [3.63, 3.8) is 0 Å². The van der Waals surface area contributed by atoms with Crippen molar-refractivity contribution in [3.8, 4) is 0 Å². The SMILES string of the molecule is CC1OCCC1(C)N1C(=O)C=CC1=O. The molecule has 76 valence electrons. The van der Waals surface area contributed by atoms with Crippen molar-refractivity contribution in [2.75, 3.05) is 6.61 Å². The fourth-order valence-corrected chi connectivity index (χ4v) is 2.02. The van der Waals surface area contributed by atoms with E-state index < -0.39 is 5.54 Å². The molecule has 4 nitrogen and oxygen atoms in total. The lowest BCUT2D eigenvalue weighted by Crippen LogP contribution is -2.53. The van der Waals surface area contributed by atoms with Crippen molar-refractivity contribution in [2.24, 2.45) is 0 Å². The first-order valence-corrected chi connectivity index (χ1v) is 4.73. The van der Waals surface area contributed by atoms with Crippen LogP contribution in [0.2, 0.25) is 0 Å². The van der Waals surface area contributed by atoms with E-state index in [0.717, 1.165) is 0 Å². The summed E-state index contributed by atoms with van der Waals surface area (Å²) < 4.78 is 5.40. The molecule has 1 fully saturated rings. The first-order valence-electron chi connectivity index (χ1n) is 4.73. The Morgan fingerprint density at radius 2 is 2.00 bits per heavy atom. The van der Waals surface area contributed by atoms with Crippen LogP contribution in [0.5, 0.6) is 0 Å². The van der Waals surface area contributed by atoms with Crippen molar-refractivity contribution in [3.05, 3.63) is 12.2 Å². The molecule has 14 heavy (non-hydrogen) atoms. The summed E-state index contributed by atoms with van der Waals surface area (Å²) in [4.78, 5) is 24.3. The largest absolute Gasteiger partial charge is 0.376 e. The van der Waals surface area contributed by atoms with Crippen LogP contribution in [0.3, 0.4) is 0 Å². The molecule has 0 aromatic rings. The van der Waals surface area contributed by atoms with Gasteiger partial charge >= 0.3 is 0 Å². The van der Waals surface area contributed by atoms with E-state index in [-0.39, 0.29) is 17.9 Å². The second kappa shape index (κ2) is 2.92. The van der Waals surface area contributed by atoms with E-state index in [4.69, 9.17) is 4.74 Å². The molecule has 2 rings (SSSR count). The number of nitrogens with zero attached hydrogens (tertiary/aromatic N) is 1. The highest BCUT2D eigenvalue weighted by atomic mass is 16.5. The van der Waals surface area contributed by atoms with Crippen molar-refractivity contribution in [1.29, 1.82) is 0 Å². The molecule has 0 N–H and O–H groups in total. The molecule has 0 spiro atoms. The fourth-order valence-electron chi connectivity index (χ4n) is 2.02. The van der Waals surface area contributed by atoms with Crippen LogP contribution in [0, 0.1) is 0 Å². The molecule has 1 saturated heterocycles. The van der Waals surface area contributed by atoms with Crippen LogP contribution >= 0.6 is 0 Å². The van der Waals surface area contributed by atoms with Crippen molar-refractivity contribution < 1.29 is 14.3 Å². The van der Waals surface area contributed by atoms with Gasteiger partial charge in [-0.05, 0) is 20.3 Å². The molecule has 0 bridgehead atoms. The zero-order chi connectivity index (χ0) is 10.3. The normalized spacial score (nSPS) is 37.3. The van der Waals surface area contributed by atoms with Gasteiger partial charge in [0.2, 0.25) is 0 Å². The molecule has 2 unspecified atom stereocenters. The second-order valence-electron chi connectivity index (χ2n) is 3.97. The number of hydrogen-bond donors (Lipinski definition) is 0. The van der Waals surface area contributed by atoms with Gasteiger partial charge in [0.25, 0.3) is 11.8 Å². The maximum atomic E-state index is 11.5. The Hall–Kier alpha value is -1.16. The highest BCUT2D eigenvalue weighted by molar-refractivity contribution is 6.13. The van der Waals surface area contributed by atoms with E-state index in [2.05, 4.69) is 0 Å². The Balaban J connectivity index is 2.30. The first-order chi connectivity index (χ1) is 6.55. The predicted molar refractivity (Wildman–Crippen MR) is 49.4 cm³/mol. The lowest BCUT2D eigenvalue weighted by Gasteiger charge is -2.35. The molecule has 2 aliphatic heterocycles. The molecule has 2 amide bonds. The van der Waals surface area contributed by atoms with Crippen LogP contribution in [0.4, 0.5) is 0 Å². The topological polar surface area (TPSA) is 46.6 Å². The Kier molecular flexibility index (Phi) is 1.96. The molecule has 0 radical (unpaired) electrons. The quantitative estimate of drug-likeness (QED) is 0.572. The minimum absolute atomic E-state index is 0.0877. The average molecular weight is 195 g/mol. The predicted octanol–water partition coefficient (Wildman–Crippen LogP) is 0.479. The van der Waals surface area contributed by atoms with Gasteiger partial charge in [-0.25, -0.2) is 0 Å². The highest BCUT2D eigenvalue weighted by Gasteiger charge is 2.47. The number of carbonyl (C=O) groups is 2. The van der Waals surface area contributed by atoms with Crippen LogP contribution in [-0.2, 0) is 14.3 Å². The molecule has 2 aliphatic rings. The maximum absolute atomic E-state index is 11.5. The van der Waals surface area contributed by atoms with Gasteiger partial charge in [-0.3, -0.25) is 14.5 Å². The number of amides is 2. The number of carbonyl (C=O) groups excluding carboxylic acids is 2. The molecule has 2 heterocycles. The van der Waals surface area contributed by atoms with Gasteiger partial charge in [-0.2, -0.15) is 0 Å². The molecule has 2 atom stereocenters. The summed E-state index contributed by atoms with van der Waals surface area (Å²) in [5.41, 5.74) is -0.475. The lowest BCUT2D eigenvalue weighted by atomic mass is 9.92. The third-order valence-corrected chi connectivity index (χ3v) is 3.17. The van der Waals surface area contributed by atoms with E-state index in [1.807, 2.05) is 13.8 Å². The molecule has 4 heteroatoms. The Morgan fingerprint density at radius 1 is 1.43 bits per heavy atom. The molecule has 0 saturated carbocycles. The Morgan fingerprint density at radius 3 is 2.43 bits per heavy atom.